The average molecular weight is 420 g/mol. The van der Waals surface area contributed by atoms with E-state index in [0.29, 0.717) is 24.2 Å². The van der Waals surface area contributed by atoms with Gasteiger partial charge in [-0.05, 0) is 54.8 Å². The maximum atomic E-state index is 12.9. The Balaban J connectivity index is 1.59. The second-order valence-corrected chi connectivity index (χ2v) is 8.73. The first-order valence-electron chi connectivity index (χ1n) is 8.99. The molecule has 1 aliphatic rings. The molecule has 0 aliphatic carbocycles. The van der Waals surface area contributed by atoms with E-state index in [2.05, 4.69) is 5.32 Å². The summed E-state index contributed by atoms with van der Waals surface area (Å²) in [6.45, 7) is 1.96. The third kappa shape index (κ3) is 4.92. The molecule has 9 heteroatoms. The molecule has 0 fully saturated rings. The Morgan fingerprint density at radius 1 is 1.21 bits per heavy atom. The van der Waals surface area contributed by atoms with Crippen LogP contribution in [-0.4, -0.2) is 39.2 Å². The molecule has 154 valence electrons. The number of halogens is 1. The summed E-state index contributed by atoms with van der Waals surface area (Å²) in [6.07, 6.45) is 0.608. The zero-order chi connectivity index (χ0) is 21.2. The van der Waals surface area contributed by atoms with Gasteiger partial charge < -0.3 is 10.1 Å². The number of hydrogen-bond donors (Lipinski definition) is 1. The van der Waals surface area contributed by atoms with Gasteiger partial charge in [-0.25, -0.2) is 17.6 Å². The van der Waals surface area contributed by atoms with E-state index < -0.39 is 28.0 Å². The molecular weight excluding hydrogens is 399 g/mol. The lowest BCUT2D eigenvalue weighted by Gasteiger charge is -2.17. The fraction of sp³-hybridized carbons (Fsp3) is 0.300. The standard InChI is InChI=1S/C20H21FN2O5S/c1-13(19(24)22-12-14-3-6-17(21)7-4-14)28-20(25)16-5-8-18-15(11-16)9-10-23(18)29(2,26)27/h3-8,11,13H,9-10,12H2,1-2H3,(H,22,24)/t13-/m1/s1. The predicted molar refractivity (Wildman–Crippen MR) is 105 cm³/mol. The van der Waals surface area contributed by atoms with E-state index >= 15 is 0 Å². The van der Waals surface area contributed by atoms with Crippen molar-refractivity contribution < 1.29 is 27.1 Å². The van der Waals surface area contributed by atoms with Crippen LogP contribution in [0.15, 0.2) is 42.5 Å². The van der Waals surface area contributed by atoms with Gasteiger partial charge in [-0.2, -0.15) is 0 Å². The molecule has 0 radical (unpaired) electrons. The summed E-state index contributed by atoms with van der Waals surface area (Å²) < 4.78 is 43.0. The molecule has 2 aromatic carbocycles. The number of benzene rings is 2. The minimum Gasteiger partial charge on any atom is -0.449 e. The van der Waals surface area contributed by atoms with Crippen LogP contribution in [0.4, 0.5) is 10.1 Å². The molecule has 0 unspecified atom stereocenters. The molecule has 1 N–H and O–H groups in total. The van der Waals surface area contributed by atoms with E-state index in [9.17, 15) is 22.4 Å². The number of carbonyl (C=O) groups excluding carboxylic acids is 2. The number of nitrogens with zero attached hydrogens (tertiary/aromatic N) is 1. The van der Waals surface area contributed by atoms with Crippen LogP contribution in [0.5, 0.6) is 0 Å². The van der Waals surface area contributed by atoms with E-state index in [4.69, 9.17) is 4.74 Å². The molecule has 3 rings (SSSR count). The number of amides is 1. The summed E-state index contributed by atoms with van der Waals surface area (Å²) in [6, 6.07) is 10.3. The van der Waals surface area contributed by atoms with Crippen molar-refractivity contribution in [3.63, 3.8) is 0 Å². The fourth-order valence-corrected chi connectivity index (χ4v) is 4.02. The lowest BCUT2D eigenvalue weighted by Crippen LogP contribution is -2.35. The van der Waals surface area contributed by atoms with Crippen molar-refractivity contribution in [1.82, 2.24) is 5.32 Å². The third-order valence-electron chi connectivity index (χ3n) is 4.60. The van der Waals surface area contributed by atoms with Gasteiger partial charge in [0.15, 0.2) is 6.10 Å². The monoisotopic (exact) mass is 420 g/mol. The molecule has 2 aromatic rings. The second kappa shape index (κ2) is 8.20. The van der Waals surface area contributed by atoms with Crippen LogP contribution in [0.1, 0.15) is 28.4 Å². The number of anilines is 1. The molecule has 0 bridgehead atoms. The molecule has 29 heavy (non-hydrogen) atoms. The maximum Gasteiger partial charge on any atom is 0.338 e. The largest absolute Gasteiger partial charge is 0.449 e. The molecule has 1 amide bonds. The minimum absolute atomic E-state index is 0.182. The van der Waals surface area contributed by atoms with Crippen LogP contribution in [-0.2, 0) is 32.5 Å². The van der Waals surface area contributed by atoms with Gasteiger partial charge >= 0.3 is 5.97 Å². The Morgan fingerprint density at radius 2 is 1.90 bits per heavy atom. The highest BCUT2D eigenvalue weighted by Crippen LogP contribution is 2.30. The quantitative estimate of drug-likeness (QED) is 0.722. The zero-order valence-corrected chi connectivity index (χ0v) is 16.8. The molecule has 0 aromatic heterocycles. The number of nitrogens with one attached hydrogen (secondary N) is 1. The Bertz CT molecular complexity index is 1040. The van der Waals surface area contributed by atoms with Crippen molar-refractivity contribution in [3.05, 3.63) is 65.0 Å². The summed E-state index contributed by atoms with van der Waals surface area (Å²) in [5, 5.41) is 2.63. The summed E-state index contributed by atoms with van der Waals surface area (Å²) in [5.41, 5.74) is 2.25. The van der Waals surface area contributed by atoms with Gasteiger partial charge in [-0.3, -0.25) is 9.10 Å². The average Bonchev–Trinajstić information content (AvgIpc) is 3.10. The second-order valence-electron chi connectivity index (χ2n) is 6.82. The number of carbonyl (C=O) groups is 2. The van der Waals surface area contributed by atoms with Gasteiger partial charge in [0.2, 0.25) is 10.0 Å². The number of ether oxygens (including phenoxy) is 1. The number of fused-ring (bicyclic) bond motifs is 1. The molecular formula is C20H21FN2O5S. The highest BCUT2D eigenvalue weighted by molar-refractivity contribution is 7.92. The Labute approximate surface area is 168 Å². The summed E-state index contributed by atoms with van der Waals surface area (Å²) in [4.78, 5) is 24.5. The van der Waals surface area contributed by atoms with Gasteiger partial charge in [0.25, 0.3) is 5.91 Å². The smallest absolute Gasteiger partial charge is 0.338 e. The Kier molecular flexibility index (Phi) is 5.88. The van der Waals surface area contributed by atoms with Crippen molar-refractivity contribution in [2.45, 2.75) is 26.0 Å². The molecule has 7 nitrogen and oxygen atoms in total. The molecule has 0 spiro atoms. The topological polar surface area (TPSA) is 92.8 Å². The molecule has 0 saturated heterocycles. The van der Waals surface area contributed by atoms with Gasteiger partial charge in [0, 0.05) is 13.1 Å². The van der Waals surface area contributed by atoms with Crippen molar-refractivity contribution in [2.24, 2.45) is 0 Å². The van der Waals surface area contributed by atoms with E-state index in [1.54, 1.807) is 24.3 Å². The fourth-order valence-electron chi connectivity index (χ4n) is 3.06. The molecule has 1 aliphatic heterocycles. The molecule has 0 saturated carbocycles. The molecule has 1 atom stereocenters. The lowest BCUT2D eigenvalue weighted by molar-refractivity contribution is -0.129. The number of sulfonamides is 1. The predicted octanol–water partition coefficient (Wildman–Crippen LogP) is 2.01. The van der Waals surface area contributed by atoms with Gasteiger partial charge in [0.1, 0.15) is 5.82 Å². The maximum absolute atomic E-state index is 12.9. The van der Waals surface area contributed by atoms with E-state index in [0.717, 1.165) is 11.8 Å². The van der Waals surface area contributed by atoms with E-state index in [-0.39, 0.29) is 17.9 Å². The number of rotatable bonds is 6. The van der Waals surface area contributed by atoms with E-state index in [1.165, 1.54) is 29.4 Å². The minimum atomic E-state index is -3.37. The van der Waals surface area contributed by atoms with Crippen molar-refractivity contribution >= 4 is 27.6 Å². The molecule has 1 heterocycles. The van der Waals surface area contributed by atoms with E-state index in [1.807, 2.05) is 0 Å². The highest BCUT2D eigenvalue weighted by atomic mass is 32.2. The van der Waals surface area contributed by atoms with Crippen LogP contribution < -0.4 is 9.62 Å². The summed E-state index contributed by atoms with van der Waals surface area (Å²) >= 11 is 0. The Morgan fingerprint density at radius 3 is 2.55 bits per heavy atom. The third-order valence-corrected chi connectivity index (χ3v) is 5.78. The Hall–Kier alpha value is -2.94. The highest BCUT2D eigenvalue weighted by Gasteiger charge is 2.27. The van der Waals surface area contributed by atoms with Crippen molar-refractivity contribution in [3.8, 4) is 0 Å². The number of esters is 1. The SMILES string of the molecule is C[C@@H](OC(=O)c1ccc2c(c1)CCN2S(C)(=O)=O)C(=O)NCc1ccc(F)cc1. The van der Waals surface area contributed by atoms with Crippen LogP contribution in [0.25, 0.3) is 0 Å². The van der Waals surface area contributed by atoms with Crippen molar-refractivity contribution in [1.29, 1.82) is 0 Å². The zero-order valence-electron chi connectivity index (χ0n) is 16.0. The van der Waals surface area contributed by atoms with Crippen LogP contribution in [0.3, 0.4) is 0 Å². The summed E-state index contributed by atoms with van der Waals surface area (Å²) in [7, 11) is -3.37. The van der Waals surface area contributed by atoms with Crippen LogP contribution in [0.2, 0.25) is 0 Å². The number of hydrogen-bond acceptors (Lipinski definition) is 5. The van der Waals surface area contributed by atoms with Gasteiger partial charge in [-0.1, -0.05) is 12.1 Å². The van der Waals surface area contributed by atoms with Crippen LogP contribution in [0, 0.1) is 5.82 Å². The lowest BCUT2D eigenvalue weighted by atomic mass is 10.1. The van der Waals surface area contributed by atoms with Crippen molar-refractivity contribution in [2.75, 3.05) is 17.1 Å². The van der Waals surface area contributed by atoms with Crippen LogP contribution >= 0.6 is 0 Å². The van der Waals surface area contributed by atoms with Gasteiger partial charge in [0.05, 0.1) is 17.5 Å². The first-order chi connectivity index (χ1) is 13.6. The summed E-state index contributed by atoms with van der Waals surface area (Å²) in [5.74, 6) is -1.52. The van der Waals surface area contributed by atoms with Gasteiger partial charge in [-0.15, -0.1) is 0 Å². The normalized spacial score (nSPS) is 14.2. The first-order valence-corrected chi connectivity index (χ1v) is 10.8. The first kappa shape index (κ1) is 20.8.